The molecule has 1 saturated carbocycles. The van der Waals surface area contributed by atoms with Crippen LogP contribution in [0.4, 0.5) is 0 Å². The van der Waals surface area contributed by atoms with Crippen LogP contribution in [0.5, 0.6) is 5.75 Å². The molecule has 5 heteroatoms. The maximum absolute atomic E-state index is 13.7. The van der Waals surface area contributed by atoms with Gasteiger partial charge >= 0.3 is 5.97 Å². The molecule has 1 heterocycles. The summed E-state index contributed by atoms with van der Waals surface area (Å²) in [5.41, 5.74) is 3.22. The van der Waals surface area contributed by atoms with Crippen molar-refractivity contribution < 1.29 is 14.3 Å². The number of carbonyl (C=O) groups excluding carboxylic acids is 1. The van der Waals surface area contributed by atoms with E-state index in [0.29, 0.717) is 5.92 Å². The number of rotatable bonds is 3. The quantitative estimate of drug-likeness (QED) is 0.563. The first-order valence-corrected chi connectivity index (χ1v) is 12.7. The molecule has 0 amide bonds. The largest absolute Gasteiger partial charge is 0.496 e. The summed E-state index contributed by atoms with van der Waals surface area (Å²) in [6.45, 7) is 9.16. The summed E-state index contributed by atoms with van der Waals surface area (Å²) >= 11 is 4.13. The minimum Gasteiger partial charge on any atom is -0.496 e. The lowest BCUT2D eigenvalue weighted by Gasteiger charge is -2.58. The molecular weight excluding hydrogens is 400 g/mol. The van der Waals surface area contributed by atoms with Crippen LogP contribution in [0.1, 0.15) is 69.6 Å². The van der Waals surface area contributed by atoms with Crippen LogP contribution in [0.3, 0.4) is 0 Å². The van der Waals surface area contributed by atoms with Crippen LogP contribution < -0.4 is 4.74 Å². The molecule has 3 nitrogen and oxygen atoms in total. The van der Waals surface area contributed by atoms with E-state index >= 15 is 0 Å². The highest BCUT2D eigenvalue weighted by Gasteiger charge is 2.64. The highest BCUT2D eigenvalue weighted by atomic mass is 32.2. The first kappa shape index (κ1) is 21.4. The molecule has 0 unspecified atom stereocenters. The second-order valence-corrected chi connectivity index (χ2v) is 13.1. The first-order valence-electron chi connectivity index (χ1n) is 10.8. The van der Waals surface area contributed by atoms with E-state index in [-0.39, 0.29) is 21.4 Å². The van der Waals surface area contributed by atoms with Crippen molar-refractivity contribution in [3.63, 3.8) is 0 Å². The second kappa shape index (κ2) is 7.40. The van der Waals surface area contributed by atoms with Gasteiger partial charge in [-0.1, -0.05) is 33.8 Å². The van der Waals surface area contributed by atoms with Gasteiger partial charge in [-0.25, -0.2) is 0 Å². The Morgan fingerprint density at radius 1 is 1.14 bits per heavy atom. The third kappa shape index (κ3) is 3.22. The molecule has 2 atom stereocenters. The van der Waals surface area contributed by atoms with Gasteiger partial charge in [-0.3, -0.25) is 4.79 Å². The number of benzene rings is 1. The molecule has 2 fully saturated rings. The van der Waals surface area contributed by atoms with Crippen LogP contribution in [0.15, 0.2) is 12.1 Å². The summed E-state index contributed by atoms with van der Waals surface area (Å²) < 4.78 is 11.5. The number of hydrogen-bond acceptors (Lipinski definition) is 5. The van der Waals surface area contributed by atoms with Gasteiger partial charge in [0, 0.05) is 11.5 Å². The Labute approximate surface area is 184 Å². The van der Waals surface area contributed by atoms with Crippen LogP contribution in [0, 0.1) is 11.3 Å². The van der Waals surface area contributed by atoms with Gasteiger partial charge in [-0.2, -0.15) is 0 Å². The average molecular weight is 435 g/mol. The summed E-state index contributed by atoms with van der Waals surface area (Å²) in [4.78, 5) is 13.7. The zero-order valence-electron chi connectivity index (χ0n) is 18.6. The van der Waals surface area contributed by atoms with Gasteiger partial charge in [0.25, 0.3) is 0 Å². The molecule has 0 radical (unpaired) electrons. The van der Waals surface area contributed by atoms with Crippen LogP contribution in [-0.2, 0) is 21.4 Å². The summed E-state index contributed by atoms with van der Waals surface area (Å²) in [5.74, 6) is 3.87. The van der Waals surface area contributed by atoms with Crippen molar-refractivity contribution >= 4 is 29.5 Å². The average Bonchev–Trinajstić information content (AvgIpc) is 3.12. The van der Waals surface area contributed by atoms with Crippen LogP contribution in [-0.4, -0.2) is 35.8 Å². The summed E-state index contributed by atoms with van der Waals surface area (Å²) in [5, 5.41) is 0. The molecule has 1 aromatic rings. The van der Waals surface area contributed by atoms with Crippen molar-refractivity contribution in [2.24, 2.45) is 11.3 Å². The molecule has 1 aromatic carbocycles. The highest BCUT2D eigenvalue weighted by molar-refractivity contribution is 8.21. The Morgan fingerprint density at radius 2 is 1.83 bits per heavy atom. The van der Waals surface area contributed by atoms with E-state index in [1.54, 1.807) is 14.2 Å². The normalized spacial score (nSPS) is 29.4. The van der Waals surface area contributed by atoms with Crippen molar-refractivity contribution in [3.05, 3.63) is 28.8 Å². The Kier molecular flexibility index (Phi) is 5.47. The van der Waals surface area contributed by atoms with Gasteiger partial charge in [0.2, 0.25) is 0 Å². The molecule has 4 rings (SSSR count). The topological polar surface area (TPSA) is 35.5 Å². The van der Waals surface area contributed by atoms with Crippen molar-refractivity contribution in [1.82, 2.24) is 0 Å². The molecule has 160 valence electrons. The minimum atomic E-state index is -0.586. The Balaban J connectivity index is 1.96. The number of carbonyl (C=O) groups is 1. The van der Waals surface area contributed by atoms with E-state index in [2.05, 4.69) is 63.4 Å². The lowest BCUT2D eigenvalue weighted by atomic mass is 9.49. The van der Waals surface area contributed by atoms with Gasteiger partial charge in [-0.05, 0) is 65.7 Å². The van der Waals surface area contributed by atoms with E-state index < -0.39 is 5.41 Å². The zero-order valence-corrected chi connectivity index (χ0v) is 20.2. The lowest BCUT2D eigenvalue weighted by molar-refractivity contribution is -0.156. The van der Waals surface area contributed by atoms with Crippen LogP contribution in [0.25, 0.3) is 0 Å². The van der Waals surface area contributed by atoms with Gasteiger partial charge in [0.05, 0.1) is 23.7 Å². The standard InChI is InChI=1S/C24H34O3S2/c1-15(2)17-11-16-7-8-20-22(3,4)13-23(28-9-10-29-23)14-24(20,21(25)27-6)18(16)12-19(17)26-5/h11-12,15,20H,7-10,13-14H2,1-6H3/t20-,24-/m0/s1. The van der Waals surface area contributed by atoms with E-state index in [1.165, 1.54) is 28.2 Å². The SMILES string of the molecule is COC(=O)[C@]12CC3(CC(C)(C)[C@@H]1CCc1cc(C(C)C)c(OC)cc12)SCCS3. The maximum atomic E-state index is 13.7. The number of hydrogen-bond donors (Lipinski definition) is 0. The Bertz CT molecular complexity index is 811. The van der Waals surface area contributed by atoms with Crippen LogP contribution in [0.2, 0.25) is 0 Å². The molecular formula is C24H34O3S2. The third-order valence-corrected chi connectivity index (χ3v) is 10.8. The van der Waals surface area contributed by atoms with Crippen molar-refractivity contribution in [2.45, 2.75) is 68.8 Å². The number of ether oxygens (including phenoxy) is 2. The summed E-state index contributed by atoms with van der Waals surface area (Å²) in [7, 11) is 3.30. The monoisotopic (exact) mass is 434 g/mol. The number of methoxy groups -OCH3 is 2. The molecule has 1 aliphatic heterocycles. The lowest BCUT2D eigenvalue weighted by Crippen LogP contribution is -2.59. The highest BCUT2D eigenvalue weighted by Crippen LogP contribution is 2.67. The molecule has 1 spiro atoms. The third-order valence-electron chi connectivity index (χ3n) is 7.44. The molecule has 0 N–H and O–H groups in total. The predicted octanol–water partition coefficient (Wildman–Crippen LogP) is 5.79. The van der Waals surface area contributed by atoms with E-state index in [0.717, 1.165) is 31.4 Å². The summed E-state index contributed by atoms with van der Waals surface area (Å²) in [6.07, 6.45) is 4.10. The number of esters is 1. The molecule has 1 saturated heterocycles. The smallest absolute Gasteiger partial charge is 0.316 e. The second-order valence-electron chi connectivity index (χ2n) is 9.91. The fourth-order valence-corrected chi connectivity index (χ4v) is 10.3. The Hall–Kier alpha value is -0.810. The molecule has 0 bridgehead atoms. The number of thioether (sulfide) groups is 2. The minimum absolute atomic E-state index is 0.0527. The number of fused-ring (bicyclic) bond motifs is 3. The van der Waals surface area contributed by atoms with Gasteiger partial charge < -0.3 is 9.47 Å². The van der Waals surface area contributed by atoms with Crippen molar-refractivity contribution in [2.75, 3.05) is 25.7 Å². The van der Waals surface area contributed by atoms with E-state index in [9.17, 15) is 4.79 Å². The van der Waals surface area contributed by atoms with E-state index in [1.807, 2.05) is 0 Å². The number of aryl methyl sites for hydroxylation is 1. The Morgan fingerprint density at radius 3 is 2.41 bits per heavy atom. The van der Waals surface area contributed by atoms with Crippen LogP contribution >= 0.6 is 23.5 Å². The predicted molar refractivity (Wildman–Crippen MR) is 123 cm³/mol. The molecule has 2 aliphatic carbocycles. The van der Waals surface area contributed by atoms with Gasteiger partial charge in [-0.15, -0.1) is 23.5 Å². The zero-order chi connectivity index (χ0) is 21.0. The van der Waals surface area contributed by atoms with Crippen molar-refractivity contribution in [3.8, 4) is 5.75 Å². The van der Waals surface area contributed by atoms with E-state index in [4.69, 9.17) is 9.47 Å². The maximum Gasteiger partial charge on any atom is 0.316 e. The first-order chi connectivity index (χ1) is 13.7. The molecule has 29 heavy (non-hydrogen) atoms. The molecule has 0 aromatic heterocycles. The molecule has 3 aliphatic rings. The summed E-state index contributed by atoms with van der Waals surface area (Å²) in [6, 6.07) is 4.50. The fraction of sp³-hybridized carbons (Fsp3) is 0.708. The van der Waals surface area contributed by atoms with Gasteiger partial charge in [0.1, 0.15) is 5.75 Å². The van der Waals surface area contributed by atoms with Gasteiger partial charge in [0.15, 0.2) is 0 Å². The fourth-order valence-electron chi connectivity index (χ4n) is 6.42. The van der Waals surface area contributed by atoms with Crippen molar-refractivity contribution in [1.29, 1.82) is 0 Å².